The third kappa shape index (κ3) is 4.45. The van der Waals surface area contributed by atoms with Crippen LogP contribution in [-0.2, 0) is 14.3 Å². The van der Waals surface area contributed by atoms with Gasteiger partial charge in [0.25, 0.3) is 5.91 Å². The van der Waals surface area contributed by atoms with Gasteiger partial charge in [-0.1, -0.05) is 24.3 Å². The molecule has 0 saturated carbocycles. The van der Waals surface area contributed by atoms with Gasteiger partial charge in [0.1, 0.15) is 12.4 Å². The Bertz CT molecular complexity index is 869. The number of methoxy groups -OCH3 is 1. The molecule has 148 valence electrons. The van der Waals surface area contributed by atoms with Crippen molar-refractivity contribution >= 4 is 28.9 Å². The normalized spacial score (nSPS) is 16.2. The van der Waals surface area contributed by atoms with Gasteiger partial charge < -0.3 is 9.64 Å². The first-order valence-electron chi connectivity index (χ1n) is 8.93. The van der Waals surface area contributed by atoms with Gasteiger partial charge in [-0.25, -0.2) is 9.40 Å². The SMILES string of the molecule is COCCN(CC(=O)N1N=C(c2ccccc2F)C[C@H]1c1cccs1)C(C)=O. The van der Waals surface area contributed by atoms with Crippen molar-refractivity contribution < 1.29 is 18.7 Å². The van der Waals surface area contributed by atoms with Gasteiger partial charge in [-0.05, 0) is 17.5 Å². The van der Waals surface area contributed by atoms with Crippen LogP contribution in [0.1, 0.15) is 29.8 Å². The largest absolute Gasteiger partial charge is 0.383 e. The summed E-state index contributed by atoms with van der Waals surface area (Å²) in [6, 6.07) is 9.94. The first kappa shape index (κ1) is 20.2. The van der Waals surface area contributed by atoms with Crippen molar-refractivity contribution in [2.75, 3.05) is 26.8 Å². The van der Waals surface area contributed by atoms with Crippen molar-refractivity contribution in [3.05, 3.63) is 58.0 Å². The number of ether oxygens (including phenoxy) is 1. The number of hydrogen-bond donors (Lipinski definition) is 0. The van der Waals surface area contributed by atoms with E-state index in [0.29, 0.717) is 30.8 Å². The molecule has 0 fully saturated rings. The molecule has 2 amide bonds. The molecule has 0 saturated heterocycles. The second-order valence-corrected chi connectivity index (χ2v) is 7.41. The molecule has 0 aliphatic carbocycles. The van der Waals surface area contributed by atoms with E-state index in [0.717, 1.165) is 4.88 Å². The van der Waals surface area contributed by atoms with Crippen molar-refractivity contribution in [1.82, 2.24) is 9.91 Å². The number of hydrazone groups is 1. The molecule has 1 atom stereocenters. The molecule has 1 aliphatic heterocycles. The van der Waals surface area contributed by atoms with Gasteiger partial charge in [-0.3, -0.25) is 9.59 Å². The van der Waals surface area contributed by atoms with E-state index in [1.54, 1.807) is 25.3 Å². The van der Waals surface area contributed by atoms with Gasteiger partial charge >= 0.3 is 0 Å². The summed E-state index contributed by atoms with van der Waals surface area (Å²) >= 11 is 1.52. The summed E-state index contributed by atoms with van der Waals surface area (Å²) in [7, 11) is 1.54. The van der Waals surface area contributed by atoms with Crippen LogP contribution in [0.3, 0.4) is 0 Å². The third-order valence-electron chi connectivity index (χ3n) is 4.56. The first-order valence-corrected chi connectivity index (χ1v) is 9.81. The van der Waals surface area contributed by atoms with Gasteiger partial charge in [0.05, 0.1) is 18.4 Å². The smallest absolute Gasteiger partial charge is 0.262 e. The number of benzene rings is 1. The Balaban J connectivity index is 1.86. The number of amides is 2. The van der Waals surface area contributed by atoms with Crippen molar-refractivity contribution in [2.24, 2.45) is 5.10 Å². The molecule has 0 spiro atoms. The molecule has 28 heavy (non-hydrogen) atoms. The Morgan fingerprint density at radius 1 is 1.32 bits per heavy atom. The highest BCUT2D eigenvalue weighted by Crippen LogP contribution is 2.35. The second kappa shape index (κ2) is 9.07. The van der Waals surface area contributed by atoms with Gasteiger partial charge in [0, 0.05) is 37.4 Å². The Morgan fingerprint density at radius 3 is 2.75 bits per heavy atom. The number of carbonyl (C=O) groups is 2. The highest BCUT2D eigenvalue weighted by Gasteiger charge is 2.35. The Labute approximate surface area is 167 Å². The second-order valence-electron chi connectivity index (χ2n) is 6.43. The lowest BCUT2D eigenvalue weighted by molar-refractivity contribution is -0.141. The number of halogens is 1. The highest BCUT2D eigenvalue weighted by molar-refractivity contribution is 7.10. The minimum atomic E-state index is -0.370. The molecule has 6 nitrogen and oxygen atoms in total. The minimum absolute atomic E-state index is 0.103. The van der Waals surface area contributed by atoms with Crippen molar-refractivity contribution in [3.63, 3.8) is 0 Å². The minimum Gasteiger partial charge on any atom is -0.383 e. The fourth-order valence-electron chi connectivity index (χ4n) is 3.09. The standard InChI is InChI=1S/C20H22FN3O3S/c1-14(25)23(9-10-27-2)13-20(26)24-18(19-8-5-11-28-19)12-17(22-24)15-6-3-4-7-16(15)21/h3-8,11,18H,9-10,12-13H2,1-2H3/t18-/m0/s1. The summed E-state index contributed by atoms with van der Waals surface area (Å²) in [4.78, 5) is 27.2. The topological polar surface area (TPSA) is 62.2 Å². The fraction of sp³-hybridized carbons (Fsp3) is 0.350. The molecule has 1 aromatic heterocycles. The summed E-state index contributed by atoms with van der Waals surface area (Å²) in [5.41, 5.74) is 0.915. The fourth-order valence-corrected chi connectivity index (χ4v) is 3.90. The molecular weight excluding hydrogens is 381 g/mol. The van der Waals surface area contributed by atoms with Crippen LogP contribution in [0, 0.1) is 5.82 Å². The predicted octanol–water partition coefficient (Wildman–Crippen LogP) is 3.06. The van der Waals surface area contributed by atoms with E-state index in [9.17, 15) is 14.0 Å². The molecule has 0 N–H and O–H groups in total. The third-order valence-corrected chi connectivity index (χ3v) is 5.53. The zero-order valence-corrected chi connectivity index (χ0v) is 16.6. The molecule has 0 radical (unpaired) electrons. The molecule has 0 unspecified atom stereocenters. The van der Waals surface area contributed by atoms with Crippen LogP contribution in [-0.4, -0.2) is 54.2 Å². The number of thiophene rings is 1. The molecule has 1 aliphatic rings. The summed E-state index contributed by atoms with van der Waals surface area (Å²) in [5.74, 6) is -0.891. The van der Waals surface area contributed by atoms with Gasteiger partial charge in [0.2, 0.25) is 5.91 Å². The maximum absolute atomic E-state index is 14.2. The monoisotopic (exact) mass is 403 g/mol. The lowest BCUT2D eigenvalue weighted by Crippen LogP contribution is -2.41. The Kier molecular flexibility index (Phi) is 6.53. The van der Waals surface area contributed by atoms with Crippen LogP contribution in [0.4, 0.5) is 4.39 Å². The van der Waals surface area contributed by atoms with Gasteiger partial charge in [-0.15, -0.1) is 11.3 Å². The number of nitrogens with zero attached hydrogens (tertiary/aromatic N) is 3. The van der Waals surface area contributed by atoms with Crippen LogP contribution < -0.4 is 0 Å². The average molecular weight is 403 g/mol. The Hall–Kier alpha value is -2.58. The molecule has 3 rings (SSSR count). The van der Waals surface area contributed by atoms with Gasteiger partial charge in [0.15, 0.2) is 0 Å². The summed E-state index contributed by atoms with van der Waals surface area (Å²) in [5, 5.41) is 7.76. The summed E-state index contributed by atoms with van der Waals surface area (Å²) in [6.07, 6.45) is 0.422. The van der Waals surface area contributed by atoms with E-state index in [4.69, 9.17) is 4.74 Å². The van der Waals surface area contributed by atoms with Crippen LogP contribution >= 0.6 is 11.3 Å². The molecule has 1 aromatic carbocycles. The van der Waals surface area contributed by atoms with E-state index in [2.05, 4.69) is 5.10 Å². The number of rotatable bonds is 7. The Morgan fingerprint density at radius 2 is 2.11 bits per heavy atom. The molecular formula is C20H22FN3O3S. The van der Waals surface area contributed by atoms with E-state index in [1.807, 2.05) is 17.5 Å². The zero-order chi connectivity index (χ0) is 20.1. The van der Waals surface area contributed by atoms with Crippen LogP contribution in [0.2, 0.25) is 0 Å². The first-order chi connectivity index (χ1) is 13.5. The quantitative estimate of drug-likeness (QED) is 0.714. The summed E-state index contributed by atoms with van der Waals surface area (Å²) in [6.45, 7) is 1.97. The maximum Gasteiger partial charge on any atom is 0.262 e. The average Bonchev–Trinajstić information content (AvgIpc) is 3.34. The van der Waals surface area contributed by atoms with E-state index in [1.165, 1.54) is 34.2 Å². The molecule has 0 bridgehead atoms. The number of hydrogen-bond acceptors (Lipinski definition) is 5. The summed E-state index contributed by atoms with van der Waals surface area (Å²) < 4.78 is 19.3. The molecule has 8 heteroatoms. The lowest BCUT2D eigenvalue weighted by Gasteiger charge is -2.25. The molecule has 2 aromatic rings. The predicted molar refractivity (Wildman–Crippen MR) is 106 cm³/mol. The highest BCUT2D eigenvalue weighted by atomic mass is 32.1. The van der Waals surface area contributed by atoms with Crippen LogP contribution in [0.15, 0.2) is 46.9 Å². The zero-order valence-electron chi connectivity index (χ0n) is 15.8. The van der Waals surface area contributed by atoms with E-state index in [-0.39, 0.29) is 30.2 Å². The van der Waals surface area contributed by atoms with E-state index < -0.39 is 0 Å². The van der Waals surface area contributed by atoms with Crippen LogP contribution in [0.25, 0.3) is 0 Å². The van der Waals surface area contributed by atoms with Crippen molar-refractivity contribution in [2.45, 2.75) is 19.4 Å². The number of carbonyl (C=O) groups excluding carboxylic acids is 2. The van der Waals surface area contributed by atoms with Crippen LogP contribution in [0.5, 0.6) is 0 Å². The lowest BCUT2D eigenvalue weighted by atomic mass is 10.0. The van der Waals surface area contributed by atoms with Crippen molar-refractivity contribution in [3.8, 4) is 0 Å². The molecule has 2 heterocycles. The van der Waals surface area contributed by atoms with Gasteiger partial charge in [-0.2, -0.15) is 5.10 Å². The van der Waals surface area contributed by atoms with E-state index >= 15 is 0 Å². The van der Waals surface area contributed by atoms with Crippen molar-refractivity contribution in [1.29, 1.82) is 0 Å². The maximum atomic E-state index is 14.2.